The van der Waals surface area contributed by atoms with Crippen LogP contribution in [0.3, 0.4) is 0 Å². The molecule has 1 heterocycles. The van der Waals surface area contributed by atoms with Gasteiger partial charge in [-0.2, -0.15) is 0 Å². The van der Waals surface area contributed by atoms with E-state index >= 15 is 0 Å². The third kappa shape index (κ3) is 2.02. The van der Waals surface area contributed by atoms with Crippen LogP contribution in [0, 0.1) is 0 Å². The zero-order valence-electron chi connectivity index (χ0n) is 11.3. The summed E-state index contributed by atoms with van der Waals surface area (Å²) in [7, 11) is 0. The number of halogens is 2. The van der Waals surface area contributed by atoms with Gasteiger partial charge in [-0.1, -0.05) is 22.9 Å². The van der Waals surface area contributed by atoms with E-state index in [1.807, 2.05) is 13.0 Å². The molecule has 0 aliphatic heterocycles. The highest BCUT2D eigenvalue weighted by Crippen LogP contribution is 2.46. The maximum Gasteiger partial charge on any atom is 0.128 e. The van der Waals surface area contributed by atoms with Gasteiger partial charge >= 0.3 is 0 Å². The van der Waals surface area contributed by atoms with E-state index in [9.17, 15) is 0 Å². The molecule has 1 aromatic carbocycles. The van der Waals surface area contributed by atoms with E-state index in [1.165, 1.54) is 24.8 Å². The Bertz CT molecular complexity index is 608. The summed E-state index contributed by atoms with van der Waals surface area (Å²) in [5, 5.41) is -0.0600. The Labute approximate surface area is 127 Å². The Balaban J connectivity index is 2.30. The van der Waals surface area contributed by atoms with Gasteiger partial charge in [-0.05, 0) is 50.8 Å². The zero-order valence-corrected chi connectivity index (χ0v) is 13.6. The fraction of sp³-hybridized carbons (Fsp3) is 0.533. The lowest BCUT2D eigenvalue weighted by molar-refractivity contribution is 0.137. The molecule has 0 saturated heterocycles. The summed E-state index contributed by atoms with van der Waals surface area (Å²) >= 11 is 9.94. The van der Waals surface area contributed by atoms with Gasteiger partial charge in [-0.3, -0.25) is 0 Å². The van der Waals surface area contributed by atoms with Crippen molar-refractivity contribution >= 4 is 38.6 Å². The molecular weight excluding hydrogens is 324 g/mol. The lowest BCUT2D eigenvalue weighted by atomic mass is 9.74. The third-order valence-corrected chi connectivity index (χ3v) is 5.10. The topological polar surface area (TPSA) is 17.8 Å². The number of imidazole rings is 1. The average Bonchev–Trinajstić information content (AvgIpc) is 2.68. The molecule has 2 aromatic rings. The molecule has 0 bridgehead atoms. The van der Waals surface area contributed by atoms with Crippen molar-refractivity contribution in [2.75, 3.05) is 0 Å². The Morgan fingerprint density at radius 1 is 1.47 bits per heavy atom. The summed E-state index contributed by atoms with van der Waals surface area (Å²) in [6.07, 6.45) is 4.91. The summed E-state index contributed by atoms with van der Waals surface area (Å²) in [5.74, 6) is 1.01. The summed E-state index contributed by atoms with van der Waals surface area (Å²) < 4.78 is 3.51. The summed E-state index contributed by atoms with van der Waals surface area (Å²) in [5.41, 5.74) is 2.48. The summed E-state index contributed by atoms with van der Waals surface area (Å²) in [6.45, 7) is 4.28. The first-order valence-corrected chi connectivity index (χ1v) is 8.13. The van der Waals surface area contributed by atoms with Crippen molar-refractivity contribution in [1.29, 1.82) is 0 Å². The Hall–Kier alpha value is -0.540. The average molecular weight is 342 g/mol. The number of hydrogen-bond donors (Lipinski definition) is 0. The van der Waals surface area contributed by atoms with Crippen molar-refractivity contribution in [1.82, 2.24) is 9.55 Å². The Morgan fingerprint density at radius 3 is 2.74 bits per heavy atom. The number of hydrogen-bond acceptors (Lipinski definition) is 1. The van der Waals surface area contributed by atoms with Crippen LogP contribution in [0.25, 0.3) is 11.0 Å². The standard InChI is InChI=1S/C15H18BrClN2/c1-3-15(7-4-8-15)19-13-9-11(16)5-6-12(13)18-14(19)10(2)17/h5-6,9-10H,3-4,7-8H2,1-2H3. The molecule has 19 heavy (non-hydrogen) atoms. The largest absolute Gasteiger partial charge is 0.320 e. The van der Waals surface area contributed by atoms with Crippen molar-refractivity contribution in [3.8, 4) is 0 Å². The van der Waals surface area contributed by atoms with E-state index in [2.05, 4.69) is 39.6 Å². The highest BCUT2D eigenvalue weighted by atomic mass is 79.9. The lowest BCUT2D eigenvalue weighted by Gasteiger charge is -2.44. The van der Waals surface area contributed by atoms with Gasteiger partial charge in [-0.15, -0.1) is 11.6 Å². The fourth-order valence-corrected chi connectivity index (χ4v) is 3.65. The monoisotopic (exact) mass is 340 g/mol. The van der Waals surface area contributed by atoms with Gasteiger partial charge in [0, 0.05) is 10.0 Å². The van der Waals surface area contributed by atoms with Crippen LogP contribution in [0.15, 0.2) is 22.7 Å². The van der Waals surface area contributed by atoms with E-state index in [0.29, 0.717) is 0 Å². The van der Waals surface area contributed by atoms with E-state index in [1.54, 1.807) is 0 Å². The molecular formula is C15H18BrClN2. The van der Waals surface area contributed by atoms with Crippen LogP contribution in [-0.4, -0.2) is 9.55 Å². The molecule has 1 aliphatic carbocycles. The maximum atomic E-state index is 6.37. The van der Waals surface area contributed by atoms with Gasteiger partial charge in [0.05, 0.1) is 16.4 Å². The molecule has 2 nitrogen and oxygen atoms in total. The van der Waals surface area contributed by atoms with Crippen molar-refractivity contribution in [3.05, 3.63) is 28.5 Å². The van der Waals surface area contributed by atoms with Gasteiger partial charge in [0.15, 0.2) is 0 Å². The number of alkyl halides is 1. The molecule has 0 N–H and O–H groups in total. The second-order valence-electron chi connectivity index (χ2n) is 5.49. The third-order valence-electron chi connectivity index (χ3n) is 4.41. The molecule has 1 fully saturated rings. The Morgan fingerprint density at radius 2 is 2.21 bits per heavy atom. The van der Waals surface area contributed by atoms with Crippen LogP contribution in [0.5, 0.6) is 0 Å². The van der Waals surface area contributed by atoms with E-state index in [-0.39, 0.29) is 10.9 Å². The lowest BCUT2D eigenvalue weighted by Crippen LogP contribution is -2.41. The van der Waals surface area contributed by atoms with Crippen LogP contribution in [0.1, 0.15) is 50.7 Å². The number of benzene rings is 1. The first kappa shape index (κ1) is 13.4. The minimum absolute atomic E-state index is 0.0600. The van der Waals surface area contributed by atoms with Gasteiger partial charge in [-0.25, -0.2) is 4.98 Å². The number of rotatable bonds is 3. The van der Waals surface area contributed by atoms with Crippen LogP contribution >= 0.6 is 27.5 Å². The molecule has 0 amide bonds. The number of aromatic nitrogens is 2. The molecule has 4 heteroatoms. The fourth-order valence-electron chi connectivity index (χ4n) is 3.15. The second-order valence-corrected chi connectivity index (χ2v) is 7.06. The second kappa shape index (κ2) is 4.78. The van der Waals surface area contributed by atoms with Crippen molar-refractivity contribution < 1.29 is 0 Å². The molecule has 0 radical (unpaired) electrons. The normalized spacial score (nSPS) is 19.4. The SMILES string of the molecule is CCC1(n2c(C(C)Cl)nc3ccc(Br)cc32)CCC1. The number of fused-ring (bicyclic) bond motifs is 1. The summed E-state index contributed by atoms with van der Waals surface area (Å²) in [4.78, 5) is 4.76. The van der Waals surface area contributed by atoms with Crippen molar-refractivity contribution in [2.45, 2.75) is 50.4 Å². The first-order valence-electron chi connectivity index (χ1n) is 6.90. The van der Waals surface area contributed by atoms with Crippen LogP contribution in [0.2, 0.25) is 0 Å². The molecule has 1 saturated carbocycles. The molecule has 3 rings (SSSR count). The number of nitrogens with zero attached hydrogens (tertiary/aromatic N) is 2. The predicted molar refractivity (Wildman–Crippen MR) is 83.8 cm³/mol. The minimum atomic E-state index is -0.0600. The quantitative estimate of drug-likeness (QED) is 0.685. The van der Waals surface area contributed by atoms with Gasteiger partial charge in [0.1, 0.15) is 5.82 Å². The van der Waals surface area contributed by atoms with Crippen molar-refractivity contribution in [2.24, 2.45) is 0 Å². The van der Waals surface area contributed by atoms with Gasteiger partial charge in [0.25, 0.3) is 0 Å². The molecule has 0 spiro atoms. The van der Waals surface area contributed by atoms with E-state index < -0.39 is 0 Å². The smallest absolute Gasteiger partial charge is 0.128 e. The highest BCUT2D eigenvalue weighted by molar-refractivity contribution is 9.10. The molecule has 1 atom stereocenters. The van der Waals surface area contributed by atoms with Crippen LogP contribution < -0.4 is 0 Å². The maximum absolute atomic E-state index is 6.37. The molecule has 1 unspecified atom stereocenters. The van der Waals surface area contributed by atoms with Gasteiger partial charge in [0.2, 0.25) is 0 Å². The zero-order chi connectivity index (χ0) is 13.6. The van der Waals surface area contributed by atoms with Crippen molar-refractivity contribution in [3.63, 3.8) is 0 Å². The van der Waals surface area contributed by atoms with E-state index in [4.69, 9.17) is 16.6 Å². The van der Waals surface area contributed by atoms with E-state index in [0.717, 1.165) is 22.2 Å². The molecule has 102 valence electrons. The Kier molecular flexibility index (Phi) is 3.38. The molecule has 1 aromatic heterocycles. The van der Waals surface area contributed by atoms with Crippen LogP contribution in [-0.2, 0) is 5.54 Å². The van der Waals surface area contributed by atoms with Gasteiger partial charge < -0.3 is 4.57 Å². The predicted octanol–water partition coefficient (Wildman–Crippen LogP) is 5.39. The minimum Gasteiger partial charge on any atom is -0.320 e. The first-order chi connectivity index (χ1) is 9.07. The summed E-state index contributed by atoms with van der Waals surface area (Å²) in [6, 6.07) is 6.28. The highest BCUT2D eigenvalue weighted by Gasteiger charge is 2.40. The molecule has 1 aliphatic rings. The van der Waals surface area contributed by atoms with Crippen LogP contribution in [0.4, 0.5) is 0 Å².